The number of halogens is 3. The fourth-order valence-electron chi connectivity index (χ4n) is 3.95. The summed E-state index contributed by atoms with van der Waals surface area (Å²) in [5.41, 5.74) is 1.55. The zero-order valence-corrected chi connectivity index (χ0v) is 15.1. The number of nitrogens with one attached hydrogen (secondary N) is 1. The molecule has 0 radical (unpaired) electrons. The van der Waals surface area contributed by atoms with Crippen molar-refractivity contribution in [2.24, 2.45) is 0 Å². The predicted octanol–water partition coefficient (Wildman–Crippen LogP) is 4.39. The first-order valence-corrected chi connectivity index (χ1v) is 9.82. The van der Waals surface area contributed by atoms with Crippen molar-refractivity contribution in [2.45, 2.75) is 50.6 Å². The fourth-order valence-corrected chi connectivity index (χ4v) is 5.07. The van der Waals surface area contributed by atoms with Crippen molar-refractivity contribution in [3.8, 4) is 0 Å². The first kappa shape index (κ1) is 17.6. The fraction of sp³-hybridized carbons (Fsp3) is 0.556. The number of likely N-dealkylation sites (tertiary alicyclic amines) is 1. The lowest BCUT2D eigenvalue weighted by atomic mass is 9.92. The van der Waals surface area contributed by atoms with Gasteiger partial charge in [0.25, 0.3) is 5.91 Å². The molecule has 1 aliphatic heterocycles. The highest BCUT2D eigenvalue weighted by Gasteiger charge is 2.36. The van der Waals surface area contributed by atoms with Crippen molar-refractivity contribution < 1.29 is 18.0 Å². The SMILES string of the molecule is O=C(c1csc2c1CCCC2)N1CCC[C@@H](c2cc(C(F)(F)F)n[nH]2)C1. The van der Waals surface area contributed by atoms with E-state index < -0.39 is 11.9 Å². The number of fused-ring (bicyclic) bond motifs is 1. The molecule has 140 valence electrons. The maximum atomic E-state index is 13.0. The topological polar surface area (TPSA) is 49.0 Å². The van der Waals surface area contributed by atoms with E-state index in [0.29, 0.717) is 18.8 Å². The Kier molecular flexibility index (Phi) is 4.54. The van der Waals surface area contributed by atoms with Crippen molar-refractivity contribution in [2.75, 3.05) is 13.1 Å². The molecule has 0 spiro atoms. The lowest BCUT2D eigenvalue weighted by Crippen LogP contribution is -2.39. The van der Waals surface area contributed by atoms with Crippen LogP contribution in [0.5, 0.6) is 0 Å². The van der Waals surface area contributed by atoms with Gasteiger partial charge >= 0.3 is 6.18 Å². The second-order valence-electron chi connectivity index (χ2n) is 7.05. The van der Waals surface area contributed by atoms with E-state index in [1.54, 1.807) is 16.2 Å². The number of rotatable bonds is 2. The van der Waals surface area contributed by atoms with Crippen LogP contribution >= 0.6 is 11.3 Å². The lowest BCUT2D eigenvalue weighted by molar-refractivity contribution is -0.141. The number of piperidine rings is 1. The molecule has 1 amide bonds. The summed E-state index contributed by atoms with van der Waals surface area (Å²) in [6, 6.07) is 1.07. The van der Waals surface area contributed by atoms with Crippen LogP contribution in [0.2, 0.25) is 0 Å². The van der Waals surface area contributed by atoms with Gasteiger partial charge < -0.3 is 4.90 Å². The quantitative estimate of drug-likeness (QED) is 0.836. The first-order chi connectivity index (χ1) is 12.4. The molecule has 2 aromatic rings. The summed E-state index contributed by atoms with van der Waals surface area (Å²) in [5.74, 6) is -0.115. The van der Waals surface area contributed by atoms with Gasteiger partial charge in [0.1, 0.15) is 0 Å². The average molecular weight is 383 g/mol. The van der Waals surface area contributed by atoms with Crippen LogP contribution in [0.3, 0.4) is 0 Å². The number of aromatic amines is 1. The van der Waals surface area contributed by atoms with Gasteiger partial charge in [0.15, 0.2) is 5.69 Å². The minimum atomic E-state index is -4.45. The normalized spacial score (nSPS) is 20.9. The molecular formula is C18H20F3N3OS. The lowest BCUT2D eigenvalue weighted by Gasteiger charge is -2.32. The summed E-state index contributed by atoms with van der Waals surface area (Å²) in [5, 5.41) is 7.87. The van der Waals surface area contributed by atoms with Crippen LogP contribution in [0.25, 0.3) is 0 Å². The summed E-state index contributed by atoms with van der Waals surface area (Å²) < 4.78 is 38.3. The number of thiophene rings is 1. The number of hydrogen-bond acceptors (Lipinski definition) is 3. The highest BCUT2D eigenvalue weighted by molar-refractivity contribution is 7.10. The van der Waals surface area contributed by atoms with Gasteiger partial charge in [0.05, 0.1) is 5.56 Å². The van der Waals surface area contributed by atoms with Crippen LogP contribution in [-0.4, -0.2) is 34.1 Å². The molecule has 1 N–H and O–H groups in total. The molecule has 1 fully saturated rings. The highest BCUT2D eigenvalue weighted by atomic mass is 32.1. The van der Waals surface area contributed by atoms with Gasteiger partial charge in [0, 0.05) is 35.0 Å². The van der Waals surface area contributed by atoms with Crippen molar-refractivity contribution >= 4 is 17.2 Å². The molecule has 0 unspecified atom stereocenters. The summed E-state index contributed by atoms with van der Waals surface area (Å²) in [7, 11) is 0. The number of aryl methyl sites for hydroxylation is 1. The van der Waals surface area contributed by atoms with Crippen LogP contribution in [0.1, 0.15) is 63.8 Å². The Morgan fingerprint density at radius 1 is 1.27 bits per heavy atom. The molecule has 3 heterocycles. The zero-order chi connectivity index (χ0) is 18.3. The summed E-state index contributed by atoms with van der Waals surface area (Å²) in [6.07, 6.45) is 1.37. The summed E-state index contributed by atoms with van der Waals surface area (Å²) in [4.78, 5) is 16.1. The number of amides is 1. The number of aromatic nitrogens is 2. The molecular weight excluding hydrogens is 363 g/mol. The molecule has 1 saturated heterocycles. The molecule has 8 heteroatoms. The van der Waals surface area contributed by atoms with Crippen LogP contribution < -0.4 is 0 Å². The molecule has 2 aromatic heterocycles. The summed E-state index contributed by atoms with van der Waals surface area (Å²) >= 11 is 1.66. The molecule has 4 rings (SSSR count). The number of H-pyrrole nitrogens is 1. The van der Waals surface area contributed by atoms with E-state index in [0.717, 1.165) is 43.7 Å². The van der Waals surface area contributed by atoms with Gasteiger partial charge in [-0.2, -0.15) is 18.3 Å². The third kappa shape index (κ3) is 3.26. The van der Waals surface area contributed by atoms with Crippen molar-refractivity contribution in [1.82, 2.24) is 15.1 Å². The van der Waals surface area contributed by atoms with Crippen LogP contribution in [0.4, 0.5) is 13.2 Å². The van der Waals surface area contributed by atoms with E-state index in [-0.39, 0.29) is 11.8 Å². The Morgan fingerprint density at radius 2 is 2.08 bits per heavy atom. The van der Waals surface area contributed by atoms with Gasteiger partial charge in [-0.15, -0.1) is 11.3 Å². The van der Waals surface area contributed by atoms with Gasteiger partial charge in [0.2, 0.25) is 0 Å². The van der Waals surface area contributed by atoms with E-state index in [1.807, 2.05) is 5.38 Å². The third-order valence-corrected chi connectivity index (χ3v) is 6.42. The first-order valence-electron chi connectivity index (χ1n) is 8.94. The molecule has 2 aliphatic rings. The van der Waals surface area contributed by atoms with Crippen LogP contribution in [0.15, 0.2) is 11.4 Å². The number of carbonyl (C=O) groups is 1. The summed E-state index contributed by atoms with van der Waals surface area (Å²) in [6.45, 7) is 1.09. The van der Waals surface area contributed by atoms with Gasteiger partial charge in [-0.1, -0.05) is 0 Å². The Morgan fingerprint density at radius 3 is 2.85 bits per heavy atom. The smallest absolute Gasteiger partial charge is 0.338 e. The van der Waals surface area contributed by atoms with E-state index in [9.17, 15) is 18.0 Å². The molecule has 1 aliphatic carbocycles. The number of alkyl halides is 3. The second kappa shape index (κ2) is 6.72. The molecule has 0 bridgehead atoms. The number of hydrogen-bond donors (Lipinski definition) is 1. The predicted molar refractivity (Wildman–Crippen MR) is 92.4 cm³/mol. The second-order valence-corrected chi connectivity index (χ2v) is 8.02. The van der Waals surface area contributed by atoms with Crippen molar-refractivity contribution in [3.63, 3.8) is 0 Å². The average Bonchev–Trinajstić information content (AvgIpc) is 3.28. The molecule has 26 heavy (non-hydrogen) atoms. The van der Waals surface area contributed by atoms with Crippen LogP contribution in [0, 0.1) is 0 Å². The van der Waals surface area contributed by atoms with Gasteiger partial charge in [-0.25, -0.2) is 0 Å². The van der Waals surface area contributed by atoms with Crippen LogP contribution in [-0.2, 0) is 19.0 Å². The zero-order valence-electron chi connectivity index (χ0n) is 14.2. The van der Waals surface area contributed by atoms with E-state index >= 15 is 0 Å². The van der Waals surface area contributed by atoms with Crippen molar-refractivity contribution in [1.29, 1.82) is 0 Å². The number of nitrogens with zero attached hydrogens (tertiary/aromatic N) is 2. The van der Waals surface area contributed by atoms with Gasteiger partial charge in [-0.05, 0) is 50.2 Å². The Bertz CT molecular complexity index is 811. The molecule has 0 saturated carbocycles. The monoisotopic (exact) mass is 383 g/mol. The largest absolute Gasteiger partial charge is 0.435 e. The molecule has 0 aromatic carbocycles. The maximum absolute atomic E-state index is 13.0. The van der Waals surface area contributed by atoms with E-state index in [4.69, 9.17) is 0 Å². The third-order valence-electron chi connectivity index (χ3n) is 5.33. The minimum absolute atomic E-state index is 0.0182. The van der Waals surface area contributed by atoms with E-state index in [1.165, 1.54) is 16.9 Å². The Balaban J connectivity index is 1.51. The van der Waals surface area contributed by atoms with Crippen molar-refractivity contribution in [3.05, 3.63) is 38.8 Å². The standard InChI is InChI=1S/C18H20F3N3OS/c19-18(20,21)16-8-14(22-23-16)11-4-3-7-24(9-11)17(25)13-10-26-15-6-2-1-5-12(13)15/h8,10-11H,1-7,9H2,(H,22,23)/t11-/m1/s1. The number of carbonyl (C=O) groups excluding carboxylic acids is 1. The molecule has 1 atom stereocenters. The van der Waals surface area contributed by atoms with Gasteiger partial charge in [-0.3, -0.25) is 9.89 Å². The Labute approximate surface area is 153 Å². The highest BCUT2D eigenvalue weighted by Crippen LogP contribution is 2.34. The molecule has 4 nitrogen and oxygen atoms in total. The minimum Gasteiger partial charge on any atom is -0.338 e. The van der Waals surface area contributed by atoms with E-state index in [2.05, 4.69) is 10.2 Å². The maximum Gasteiger partial charge on any atom is 0.435 e. The Hall–Kier alpha value is -1.83.